The number of fused-ring (bicyclic) bond motifs is 2. The van der Waals surface area contributed by atoms with E-state index < -0.39 is 36.5 Å². The minimum atomic E-state index is -2.72. The molecule has 8 rings (SSSR count). The lowest BCUT2D eigenvalue weighted by molar-refractivity contribution is 0.107. The Morgan fingerprint density at radius 2 is 2.08 bits per heavy atom. The van der Waals surface area contributed by atoms with Gasteiger partial charge in [0.25, 0.3) is 6.43 Å². The predicted molar refractivity (Wildman–Crippen MR) is 186 cm³/mol. The van der Waals surface area contributed by atoms with E-state index in [0.717, 1.165) is 43.6 Å². The van der Waals surface area contributed by atoms with Crippen LogP contribution in [0.15, 0.2) is 18.7 Å². The molecule has 2 aromatic heterocycles. The Morgan fingerprint density at radius 3 is 2.82 bits per heavy atom. The number of nitrogens with zero attached hydrogens (tertiary/aromatic N) is 5. The Labute approximate surface area is 290 Å². The third-order valence-corrected chi connectivity index (χ3v) is 11.4. The maximum Gasteiger partial charge on any atom is 0.319 e. The van der Waals surface area contributed by atoms with Gasteiger partial charge in [-0.1, -0.05) is 30.6 Å². The van der Waals surface area contributed by atoms with Crippen LogP contribution in [0.3, 0.4) is 0 Å². The number of ether oxygens (including phenoxy) is 2. The van der Waals surface area contributed by atoms with Crippen LogP contribution in [-0.4, -0.2) is 71.9 Å². The van der Waals surface area contributed by atoms with Crippen molar-refractivity contribution in [2.75, 3.05) is 43.5 Å². The molecule has 8 nitrogen and oxygen atoms in total. The highest BCUT2D eigenvalue weighted by atomic mass is 32.1. The van der Waals surface area contributed by atoms with Crippen LogP contribution in [0.2, 0.25) is 0 Å². The fraction of sp³-hybridized carbons (Fsp3) is 0.432. The molecule has 0 bridgehead atoms. The lowest BCUT2D eigenvalue weighted by atomic mass is 9.88. The van der Waals surface area contributed by atoms with Crippen LogP contribution < -0.4 is 20.1 Å². The number of nitrogens with two attached hydrogens (primary N) is 1. The van der Waals surface area contributed by atoms with Gasteiger partial charge in [-0.2, -0.15) is 15.2 Å². The Balaban J connectivity index is 1.38. The molecule has 3 fully saturated rings. The third kappa shape index (κ3) is 5.30. The van der Waals surface area contributed by atoms with Crippen molar-refractivity contribution in [2.45, 2.75) is 63.2 Å². The number of hydrogen-bond donors (Lipinski definition) is 1. The van der Waals surface area contributed by atoms with Crippen molar-refractivity contribution >= 4 is 49.2 Å². The zero-order chi connectivity index (χ0) is 34.9. The second kappa shape index (κ2) is 12.3. The molecule has 0 radical (unpaired) electrons. The number of thiophene rings is 1. The van der Waals surface area contributed by atoms with Gasteiger partial charge in [-0.3, -0.25) is 4.90 Å². The number of hydrogen-bond acceptors (Lipinski definition) is 9. The Hall–Kier alpha value is -4.59. The number of rotatable bonds is 7. The summed E-state index contributed by atoms with van der Waals surface area (Å²) in [6.45, 7) is 6.45. The second-order valence-corrected chi connectivity index (χ2v) is 14.6. The van der Waals surface area contributed by atoms with Gasteiger partial charge in [0.2, 0.25) is 0 Å². The predicted octanol–water partition coefficient (Wildman–Crippen LogP) is 7.26. The number of alkyl halides is 3. The van der Waals surface area contributed by atoms with Gasteiger partial charge in [0.15, 0.2) is 0 Å². The highest BCUT2D eigenvalue weighted by Crippen LogP contribution is 2.50. The monoisotopic (exact) mass is 702 g/mol. The number of aromatic nitrogens is 2. The van der Waals surface area contributed by atoms with Crippen LogP contribution >= 0.6 is 11.3 Å². The molecule has 5 heterocycles. The number of halogens is 4. The largest absolute Gasteiger partial charge is 0.489 e. The summed E-state index contributed by atoms with van der Waals surface area (Å²) in [4.78, 5) is 13.2. The molecular formula is C37H34F4N6O2S. The minimum Gasteiger partial charge on any atom is -0.489 e. The van der Waals surface area contributed by atoms with E-state index in [0.29, 0.717) is 57.3 Å². The maximum atomic E-state index is 15.2. The molecule has 4 aliphatic rings. The van der Waals surface area contributed by atoms with Gasteiger partial charge in [0.05, 0.1) is 33.2 Å². The maximum absolute atomic E-state index is 15.2. The first-order valence-electron chi connectivity index (χ1n) is 16.7. The second-order valence-electron chi connectivity index (χ2n) is 13.5. The summed E-state index contributed by atoms with van der Waals surface area (Å²) >= 11 is 0.990. The van der Waals surface area contributed by atoms with Crippen LogP contribution in [0.1, 0.15) is 48.8 Å². The molecule has 258 valence electrons. The van der Waals surface area contributed by atoms with Crippen molar-refractivity contribution in [3.8, 4) is 40.8 Å². The molecule has 3 atom stereocenters. The molecule has 3 aliphatic heterocycles. The van der Waals surface area contributed by atoms with E-state index in [1.807, 2.05) is 6.92 Å². The van der Waals surface area contributed by atoms with Gasteiger partial charge < -0.3 is 20.1 Å². The van der Waals surface area contributed by atoms with Gasteiger partial charge in [0, 0.05) is 35.4 Å². The standard InChI is InChI=1S/C37H34F4N6O2S/c1-3-23-28(24-9-10-26(39)33-29(24)25(14-42)34(43)50-33)19(2)32-30-31(23)44-36(49-18-37-11-4-12-46(37)15-21(38)13-37)45-35(30)47(16-27(40)41)22(17-48-32)8-7-20-5-6-20/h3,9-10,20-22,27H,1,4-6,11-13,15-18,43H2,2H3/t21-,22?,37+/m1/s1. The van der Waals surface area contributed by atoms with Crippen molar-refractivity contribution in [2.24, 2.45) is 5.92 Å². The summed E-state index contributed by atoms with van der Waals surface area (Å²) in [6.07, 6.45) is 1.82. The van der Waals surface area contributed by atoms with Crippen LogP contribution in [-0.2, 0) is 0 Å². The molecule has 2 aromatic carbocycles. The van der Waals surface area contributed by atoms with E-state index in [-0.39, 0.29) is 46.2 Å². The van der Waals surface area contributed by atoms with Crippen LogP contribution in [0, 0.1) is 41.8 Å². The summed E-state index contributed by atoms with van der Waals surface area (Å²) in [5.74, 6) is 6.63. The summed E-state index contributed by atoms with van der Waals surface area (Å²) in [5.41, 5.74) is 8.33. The van der Waals surface area contributed by atoms with Gasteiger partial charge >= 0.3 is 6.01 Å². The van der Waals surface area contributed by atoms with Crippen molar-refractivity contribution in [1.82, 2.24) is 14.9 Å². The van der Waals surface area contributed by atoms with Crippen LogP contribution in [0.25, 0.3) is 38.2 Å². The van der Waals surface area contributed by atoms with E-state index in [2.05, 4.69) is 29.4 Å². The summed E-state index contributed by atoms with van der Waals surface area (Å²) in [6, 6.07) is 4.22. The van der Waals surface area contributed by atoms with Crippen LogP contribution in [0.5, 0.6) is 11.8 Å². The quantitative estimate of drug-likeness (QED) is 0.159. The van der Waals surface area contributed by atoms with Gasteiger partial charge in [-0.05, 0) is 56.3 Å². The molecule has 2 saturated heterocycles. The average Bonchev–Trinajstić information content (AvgIpc) is 3.67. The van der Waals surface area contributed by atoms with E-state index in [1.54, 1.807) is 12.1 Å². The van der Waals surface area contributed by atoms with Crippen molar-refractivity contribution in [1.29, 1.82) is 5.26 Å². The van der Waals surface area contributed by atoms with E-state index in [1.165, 1.54) is 11.0 Å². The number of benzene rings is 2. The third-order valence-electron chi connectivity index (χ3n) is 10.4. The molecular weight excluding hydrogens is 669 g/mol. The lowest BCUT2D eigenvalue weighted by Gasteiger charge is -2.31. The lowest BCUT2D eigenvalue weighted by Crippen LogP contribution is -2.43. The highest BCUT2D eigenvalue weighted by Gasteiger charge is 2.49. The first-order chi connectivity index (χ1) is 24.1. The van der Waals surface area contributed by atoms with Crippen molar-refractivity contribution in [3.63, 3.8) is 0 Å². The molecule has 13 heteroatoms. The molecule has 4 aromatic rings. The van der Waals surface area contributed by atoms with E-state index in [4.69, 9.17) is 25.2 Å². The van der Waals surface area contributed by atoms with Gasteiger partial charge in [-0.25, -0.2) is 17.6 Å². The molecule has 2 N–H and O–H groups in total. The van der Waals surface area contributed by atoms with Crippen molar-refractivity contribution < 1.29 is 27.0 Å². The number of nitriles is 1. The normalized spacial score (nSPS) is 23.0. The average molecular weight is 703 g/mol. The van der Waals surface area contributed by atoms with Crippen molar-refractivity contribution in [3.05, 3.63) is 41.2 Å². The fourth-order valence-corrected chi connectivity index (χ4v) is 8.88. The van der Waals surface area contributed by atoms with Gasteiger partial charge in [-0.15, -0.1) is 11.3 Å². The summed E-state index contributed by atoms with van der Waals surface area (Å²) in [7, 11) is 0. The molecule has 1 unspecified atom stereocenters. The Kier molecular flexibility index (Phi) is 8.04. The van der Waals surface area contributed by atoms with E-state index >= 15 is 4.39 Å². The summed E-state index contributed by atoms with van der Waals surface area (Å²) < 4.78 is 71.6. The summed E-state index contributed by atoms with van der Waals surface area (Å²) in [5, 5.41) is 11.0. The zero-order valence-corrected chi connectivity index (χ0v) is 28.2. The minimum absolute atomic E-state index is 0.0363. The highest BCUT2D eigenvalue weighted by molar-refractivity contribution is 7.23. The van der Waals surface area contributed by atoms with E-state index in [9.17, 15) is 18.4 Å². The number of anilines is 2. The fourth-order valence-electron chi connectivity index (χ4n) is 7.93. The molecule has 0 amide bonds. The zero-order valence-electron chi connectivity index (χ0n) is 27.4. The first kappa shape index (κ1) is 32.6. The van der Waals surface area contributed by atoms with Crippen LogP contribution in [0.4, 0.5) is 28.4 Å². The van der Waals surface area contributed by atoms with Gasteiger partial charge in [0.1, 0.15) is 53.9 Å². The Bertz CT molecular complexity index is 2170. The molecule has 1 saturated carbocycles. The molecule has 0 spiro atoms. The number of nitrogen functional groups attached to an aromatic ring is 1. The Morgan fingerprint density at radius 1 is 1.26 bits per heavy atom. The SMILES string of the molecule is C=Cc1c(-c2ccc(F)c3sc(N)c(C#N)c23)c(C)c2c3c(nc(OC[C@@]45CCCN4C[C@H](F)C5)nc13)N(CC(F)F)C(C#CC1CC1)CO2. The molecule has 1 aliphatic carbocycles. The smallest absolute Gasteiger partial charge is 0.319 e. The molecule has 50 heavy (non-hydrogen) atoms. The topological polar surface area (TPSA) is 101 Å². The first-order valence-corrected chi connectivity index (χ1v) is 17.6.